The van der Waals surface area contributed by atoms with Crippen LogP contribution in [-0.4, -0.2) is 9.38 Å². The van der Waals surface area contributed by atoms with E-state index in [0.717, 1.165) is 0 Å². The zero-order chi connectivity index (χ0) is 12.0. The molecule has 2 heterocycles. The summed E-state index contributed by atoms with van der Waals surface area (Å²) < 4.78 is 15.5. The maximum atomic E-state index is 13.8. The van der Waals surface area contributed by atoms with Crippen LogP contribution in [0.3, 0.4) is 0 Å². The Morgan fingerprint density at radius 3 is 2.94 bits per heavy atom. The number of H-pyrrole nitrogens is 1. The highest BCUT2D eigenvalue weighted by atomic mass is 35.5. The quantitative estimate of drug-likeness (QED) is 0.663. The van der Waals surface area contributed by atoms with Crippen molar-refractivity contribution in [2.24, 2.45) is 0 Å². The highest BCUT2D eigenvalue weighted by Crippen LogP contribution is 2.19. The van der Waals surface area contributed by atoms with Crippen molar-refractivity contribution in [2.45, 2.75) is 5.88 Å². The van der Waals surface area contributed by atoms with Crippen molar-refractivity contribution in [1.82, 2.24) is 9.38 Å². The Labute approximate surface area is 100 Å². The number of hydrogen-bond donors (Lipinski definition) is 1. The minimum absolute atomic E-state index is 0.201. The summed E-state index contributed by atoms with van der Waals surface area (Å²) in [6.07, 6.45) is 1.73. The van der Waals surface area contributed by atoms with Crippen molar-refractivity contribution in [3.05, 3.63) is 52.2 Å². The van der Waals surface area contributed by atoms with Gasteiger partial charge in [0, 0.05) is 12.1 Å². The van der Waals surface area contributed by atoms with Crippen LogP contribution in [0.4, 0.5) is 4.39 Å². The largest absolute Gasteiger partial charge is 0.316 e. The predicted molar refractivity (Wildman–Crippen MR) is 65.0 cm³/mol. The Morgan fingerprint density at radius 1 is 1.35 bits per heavy atom. The molecule has 3 nitrogen and oxygen atoms in total. The molecule has 0 bridgehead atoms. The van der Waals surface area contributed by atoms with Crippen molar-refractivity contribution in [1.29, 1.82) is 0 Å². The first-order valence-corrected chi connectivity index (χ1v) is 5.61. The van der Waals surface area contributed by atoms with E-state index in [2.05, 4.69) is 4.98 Å². The second-order valence-electron chi connectivity index (χ2n) is 3.82. The SMILES string of the molecule is O=c1[nH]c2c(F)cc(CCl)cc2n2cccc12. The molecular formula is C12H8ClFN2O. The van der Waals surface area contributed by atoms with Crippen LogP contribution < -0.4 is 5.56 Å². The van der Waals surface area contributed by atoms with E-state index in [1.807, 2.05) is 0 Å². The van der Waals surface area contributed by atoms with E-state index in [1.54, 1.807) is 28.8 Å². The molecule has 0 aliphatic heterocycles. The average Bonchev–Trinajstić information content (AvgIpc) is 2.80. The summed E-state index contributed by atoms with van der Waals surface area (Å²) in [4.78, 5) is 14.2. The number of alkyl halides is 1. The molecule has 0 aliphatic carbocycles. The van der Waals surface area contributed by atoms with Crippen LogP contribution in [0.25, 0.3) is 16.6 Å². The van der Waals surface area contributed by atoms with Gasteiger partial charge in [-0.05, 0) is 29.8 Å². The van der Waals surface area contributed by atoms with E-state index in [0.29, 0.717) is 16.6 Å². The second-order valence-corrected chi connectivity index (χ2v) is 4.09. The first-order valence-electron chi connectivity index (χ1n) is 5.08. The number of aromatic nitrogens is 2. The van der Waals surface area contributed by atoms with E-state index in [1.165, 1.54) is 6.07 Å². The van der Waals surface area contributed by atoms with Gasteiger partial charge >= 0.3 is 0 Å². The maximum Gasteiger partial charge on any atom is 0.272 e. The number of hydrogen-bond acceptors (Lipinski definition) is 1. The van der Waals surface area contributed by atoms with Crippen molar-refractivity contribution >= 4 is 28.2 Å². The molecule has 1 aromatic carbocycles. The number of benzene rings is 1. The molecule has 3 aromatic rings. The highest BCUT2D eigenvalue weighted by molar-refractivity contribution is 6.17. The molecule has 0 fully saturated rings. The fourth-order valence-electron chi connectivity index (χ4n) is 1.99. The Morgan fingerprint density at radius 2 is 2.18 bits per heavy atom. The molecular weight excluding hydrogens is 243 g/mol. The molecule has 0 unspecified atom stereocenters. The third kappa shape index (κ3) is 1.45. The fourth-order valence-corrected chi connectivity index (χ4v) is 2.15. The predicted octanol–water partition coefficient (Wildman–Crippen LogP) is 2.66. The number of halogens is 2. The zero-order valence-corrected chi connectivity index (χ0v) is 9.46. The smallest absolute Gasteiger partial charge is 0.272 e. The van der Waals surface area contributed by atoms with E-state index < -0.39 is 5.82 Å². The summed E-state index contributed by atoms with van der Waals surface area (Å²) in [5, 5.41) is 0. The Kier molecular flexibility index (Phi) is 2.19. The van der Waals surface area contributed by atoms with Gasteiger partial charge in [0.15, 0.2) is 0 Å². The van der Waals surface area contributed by atoms with Gasteiger partial charge in [0.1, 0.15) is 16.9 Å². The van der Waals surface area contributed by atoms with Gasteiger partial charge in [-0.15, -0.1) is 11.6 Å². The van der Waals surface area contributed by atoms with Crippen molar-refractivity contribution < 1.29 is 4.39 Å². The van der Waals surface area contributed by atoms with Gasteiger partial charge in [-0.1, -0.05) is 0 Å². The molecule has 0 saturated heterocycles. The molecule has 0 radical (unpaired) electrons. The van der Waals surface area contributed by atoms with Crippen LogP contribution in [0, 0.1) is 5.82 Å². The van der Waals surface area contributed by atoms with Crippen LogP contribution in [-0.2, 0) is 5.88 Å². The molecule has 0 amide bonds. The highest BCUT2D eigenvalue weighted by Gasteiger charge is 2.09. The summed E-state index contributed by atoms with van der Waals surface area (Å²) in [5.41, 5.74) is 1.68. The van der Waals surface area contributed by atoms with E-state index in [9.17, 15) is 9.18 Å². The maximum absolute atomic E-state index is 13.8. The van der Waals surface area contributed by atoms with Gasteiger partial charge in [0.2, 0.25) is 0 Å². The third-order valence-corrected chi connectivity index (χ3v) is 3.07. The van der Waals surface area contributed by atoms with Crippen LogP contribution in [0.1, 0.15) is 5.56 Å². The lowest BCUT2D eigenvalue weighted by molar-refractivity contribution is 0.634. The average molecular weight is 251 g/mol. The molecule has 1 N–H and O–H groups in total. The van der Waals surface area contributed by atoms with E-state index >= 15 is 0 Å². The van der Waals surface area contributed by atoms with Gasteiger partial charge in [0.05, 0.1) is 5.52 Å². The van der Waals surface area contributed by atoms with Gasteiger partial charge in [0.25, 0.3) is 5.56 Å². The van der Waals surface area contributed by atoms with E-state index in [4.69, 9.17) is 11.6 Å². The van der Waals surface area contributed by atoms with Crippen LogP contribution in [0.2, 0.25) is 0 Å². The molecule has 0 saturated carbocycles. The topological polar surface area (TPSA) is 37.3 Å². The number of nitrogens with zero attached hydrogens (tertiary/aromatic N) is 1. The Balaban J connectivity index is 2.60. The van der Waals surface area contributed by atoms with Gasteiger partial charge in [-0.25, -0.2) is 4.39 Å². The first kappa shape index (κ1) is 10.4. The van der Waals surface area contributed by atoms with Crippen LogP contribution in [0.5, 0.6) is 0 Å². The number of nitrogens with one attached hydrogen (secondary N) is 1. The number of aromatic amines is 1. The third-order valence-electron chi connectivity index (χ3n) is 2.76. The number of rotatable bonds is 1. The number of fused-ring (bicyclic) bond motifs is 3. The monoisotopic (exact) mass is 250 g/mol. The molecule has 17 heavy (non-hydrogen) atoms. The van der Waals surface area contributed by atoms with Gasteiger partial charge in [-0.2, -0.15) is 0 Å². The van der Waals surface area contributed by atoms with Crippen molar-refractivity contribution in [3.8, 4) is 0 Å². The Bertz CT molecular complexity index is 775. The molecule has 0 atom stereocenters. The minimum atomic E-state index is -0.467. The summed E-state index contributed by atoms with van der Waals surface area (Å²) >= 11 is 5.71. The molecule has 3 rings (SSSR count). The van der Waals surface area contributed by atoms with E-state index in [-0.39, 0.29) is 17.0 Å². The standard InChI is InChI=1S/C12H8ClFN2O/c13-6-7-4-8(14)11-10(5-7)16-3-1-2-9(16)12(17)15-11/h1-5H,6H2,(H,15,17). The van der Waals surface area contributed by atoms with Crippen molar-refractivity contribution in [3.63, 3.8) is 0 Å². The Hall–Kier alpha value is -1.81. The van der Waals surface area contributed by atoms with Gasteiger partial charge in [-0.3, -0.25) is 4.79 Å². The molecule has 2 aromatic heterocycles. The second kappa shape index (κ2) is 3.60. The molecule has 5 heteroatoms. The lowest BCUT2D eigenvalue weighted by Gasteiger charge is -2.05. The van der Waals surface area contributed by atoms with Crippen molar-refractivity contribution in [2.75, 3.05) is 0 Å². The summed E-state index contributed by atoms with van der Waals surface area (Å²) in [5.74, 6) is -0.236. The summed E-state index contributed by atoms with van der Waals surface area (Å²) in [6.45, 7) is 0. The minimum Gasteiger partial charge on any atom is -0.316 e. The molecule has 0 aliphatic rings. The fraction of sp³-hybridized carbons (Fsp3) is 0.0833. The lowest BCUT2D eigenvalue weighted by atomic mass is 10.2. The van der Waals surface area contributed by atoms with Crippen LogP contribution in [0.15, 0.2) is 35.3 Å². The molecule has 86 valence electrons. The summed E-state index contributed by atoms with van der Waals surface area (Å²) in [6, 6.07) is 6.54. The molecule has 0 spiro atoms. The summed E-state index contributed by atoms with van der Waals surface area (Å²) in [7, 11) is 0. The van der Waals surface area contributed by atoms with Gasteiger partial charge < -0.3 is 9.38 Å². The normalized spacial score (nSPS) is 11.4. The zero-order valence-electron chi connectivity index (χ0n) is 8.71. The van der Waals surface area contributed by atoms with Crippen LogP contribution >= 0.6 is 11.6 Å². The lowest BCUT2D eigenvalue weighted by Crippen LogP contribution is -2.10. The first-order chi connectivity index (χ1) is 8.20.